The zero-order chi connectivity index (χ0) is 19.9. The Kier molecular flexibility index (Phi) is 6.76. The van der Waals surface area contributed by atoms with Crippen molar-refractivity contribution >= 4 is 34.1 Å². The van der Waals surface area contributed by atoms with Crippen molar-refractivity contribution in [1.82, 2.24) is 15.1 Å². The predicted octanol–water partition coefficient (Wildman–Crippen LogP) is 3.84. The Balaban J connectivity index is 1.46. The summed E-state index contributed by atoms with van der Waals surface area (Å²) in [5.41, 5.74) is 2.16. The molecule has 1 atom stereocenters. The van der Waals surface area contributed by atoms with Crippen LogP contribution in [0.4, 0.5) is 5.13 Å². The number of amides is 1. The number of thioether (sulfide) groups is 1. The lowest BCUT2D eigenvalue weighted by Gasteiger charge is -2.30. The normalized spacial score (nSPS) is 15.1. The Hall–Kier alpha value is -2.42. The predicted molar refractivity (Wildman–Crippen MR) is 116 cm³/mol. The average Bonchev–Trinajstić information content (AvgIpc) is 3.25. The Morgan fingerprint density at radius 2 is 1.76 bits per heavy atom. The molecule has 0 bridgehead atoms. The van der Waals surface area contributed by atoms with Crippen LogP contribution in [-0.4, -0.2) is 47.3 Å². The minimum absolute atomic E-state index is 0.0958. The van der Waals surface area contributed by atoms with Crippen molar-refractivity contribution < 1.29 is 9.53 Å². The van der Waals surface area contributed by atoms with Crippen LogP contribution < -0.4 is 5.32 Å². The number of ether oxygens (including phenoxy) is 1. The van der Waals surface area contributed by atoms with Gasteiger partial charge in [0.15, 0.2) is 4.34 Å². The van der Waals surface area contributed by atoms with E-state index in [0.29, 0.717) is 32.8 Å². The van der Waals surface area contributed by atoms with Gasteiger partial charge in [-0.1, -0.05) is 83.8 Å². The van der Waals surface area contributed by atoms with Crippen molar-refractivity contribution in [2.75, 3.05) is 31.6 Å². The maximum Gasteiger partial charge on any atom is 0.240 e. The number of nitrogens with one attached hydrogen (secondary N) is 1. The molecular weight excluding hydrogens is 404 g/mol. The lowest BCUT2D eigenvalue weighted by atomic mass is 10.1. The van der Waals surface area contributed by atoms with E-state index in [1.54, 1.807) is 0 Å². The van der Waals surface area contributed by atoms with Crippen molar-refractivity contribution in [2.24, 2.45) is 0 Å². The van der Waals surface area contributed by atoms with Gasteiger partial charge in [-0.3, -0.25) is 4.79 Å². The number of nitrogens with zero attached hydrogens (tertiary/aromatic N) is 3. The summed E-state index contributed by atoms with van der Waals surface area (Å²) >= 11 is 2.93. The first-order valence-corrected chi connectivity index (χ1v) is 11.2. The van der Waals surface area contributed by atoms with E-state index in [-0.39, 0.29) is 11.2 Å². The number of morpholine rings is 1. The molecule has 0 radical (unpaired) electrons. The molecule has 1 amide bonds. The van der Waals surface area contributed by atoms with Crippen molar-refractivity contribution in [2.45, 2.75) is 16.1 Å². The monoisotopic (exact) mass is 426 g/mol. The molecule has 0 saturated carbocycles. The summed E-state index contributed by atoms with van der Waals surface area (Å²) in [7, 11) is 0. The van der Waals surface area contributed by atoms with Crippen LogP contribution in [0.15, 0.2) is 65.0 Å². The van der Waals surface area contributed by atoms with Crippen LogP contribution in [-0.2, 0) is 16.1 Å². The van der Waals surface area contributed by atoms with Crippen LogP contribution in [0.25, 0.3) is 0 Å². The molecule has 0 unspecified atom stereocenters. The number of carbonyl (C=O) groups excluding carboxylic acids is 1. The second kappa shape index (κ2) is 9.87. The molecule has 8 heteroatoms. The zero-order valence-electron chi connectivity index (χ0n) is 15.9. The van der Waals surface area contributed by atoms with Crippen molar-refractivity contribution in [1.29, 1.82) is 0 Å². The topological polar surface area (TPSA) is 67.4 Å². The summed E-state index contributed by atoms with van der Waals surface area (Å²) in [6.45, 7) is 3.12. The van der Waals surface area contributed by atoms with Crippen LogP contribution in [0.1, 0.15) is 16.4 Å². The second-order valence-corrected chi connectivity index (χ2v) is 8.89. The Labute approximate surface area is 178 Å². The van der Waals surface area contributed by atoms with E-state index in [1.807, 2.05) is 53.4 Å². The lowest BCUT2D eigenvalue weighted by Crippen LogP contribution is -2.42. The molecule has 4 rings (SSSR count). The van der Waals surface area contributed by atoms with Gasteiger partial charge in [-0.2, -0.15) is 0 Å². The first kappa shape index (κ1) is 19.9. The molecule has 3 aromatic rings. The van der Waals surface area contributed by atoms with E-state index in [4.69, 9.17) is 4.74 Å². The largest absolute Gasteiger partial charge is 0.378 e. The molecule has 0 spiro atoms. The minimum atomic E-state index is -0.343. The Morgan fingerprint density at radius 3 is 2.48 bits per heavy atom. The quantitative estimate of drug-likeness (QED) is 0.579. The van der Waals surface area contributed by atoms with Gasteiger partial charge in [0.25, 0.3) is 0 Å². The summed E-state index contributed by atoms with van der Waals surface area (Å²) in [5.74, 6) is 0.0958. The standard InChI is InChI=1S/C21H22N4O2S2/c26-19(25-11-13-27-14-12-25)18(17-9-5-2-6-10-17)28-21-24-23-20(29-21)22-15-16-7-3-1-4-8-16/h1-10,18H,11-15H2,(H,22,23)/t18-/m0/s1. The highest BCUT2D eigenvalue weighted by Crippen LogP contribution is 2.39. The van der Waals surface area contributed by atoms with Crippen LogP contribution in [0.2, 0.25) is 0 Å². The van der Waals surface area contributed by atoms with Crippen molar-refractivity contribution in [3.8, 4) is 0 Å². The van der Waals surface area contributed by atoms with Gasteiger partial charge in [0.1, 0.15) is 5.25 Å². The van der Waals surface area contributed by atoms with E-state index in [1.165, 1.54) is 28.7 Å². The van der Waals surface area contributed by atoms with Gasteiger partial charge in [0.2, 0.25) is 11.0 Å². The number of carbonyl (C=O) groups is 1. The van der Waals surface area contributed by atoms with Gasteiger partial charge >= 0.3 is 0 Å². The fraction of sp³-hybridized carbons (Fsp3) is 0.286. The van der Waals surface area contributed by atoms with Gasteiger partial charge in [-0.25, -0.2) is 0 Å². The number of hydrogen-bond donors (Lipinski definition) is 1. The minimum Gasteiger partial charge on any atom is -0.378 e. The van der Waals surface area contributed by atoms with Crippen LogP contribution in [0.5, 0.6) is 0 Å². The van der Waals surface area contributed by atoms with Gasteiger partial charge < -0.3 is 15.0 Å². The van der Waals surface area contributed by atoms with E-state index in [2.05, 4.69) is 27.6 Å². The maximum atomic E-state index is 13.2. The highest BCUT2D eigenvalue weighted by molar-refractivity contribution is 8.01. The van der Waals surface area contributed by atoms with E-state index >= 15 is 0 Å². The molecule has 1 aliphatic heterocycles. The van der Waals surface area contributed by atoms with Crippen molar-refractivity contribution in [3.05, 3.63) is 71.8 Å². The number of aromatic nitrogens is 2. The summed E-state index contributed by atoms with van der Waals surface area (Å²) in [4.78, 5) is 15.1. The fourth-order valence-corrected chi connectivity index (χ4v) is 5.07. The highest BCUT2D eigenvalue weighted by Gasteiger charge is 2.29. The third kappa shape index (κ3) is 5.35. The third-order valence-corrected chi connectivity index (χ3v) is 6.77. The second-order valence-electron chi connectivity index (χ2n) is 6.56. The molecular formula is C21H22N4O2S2. The van der Waals surface area contributed by atoms with E-state index in [0.717, 1.165) is 15.0 Å². The molecule has 1 saturated heterocycles. The van der Waals surface area contributed by atoms with Gasteiger partial charge in [-0.05, 0) is 11.1 Å². The summed E-state index contributed by atoms with van der Waals surface area (Å²) in [6.07, 6.45) is 0. The average molecular weight is 427 g/mol. The molecule has 1 aromatic heterocycles. The Morgan fingerprint density at radius 1 is 1.07 bits per heavy atom. The van der Waals surface area contributed by atoms with Crippen LogP contribution >= 0.6 is 23.1 Å². The molecule has 1 aliphatic rings. The van der Waals surface area contributed by atoms with Crippen LogP contribution in [0.3, 0.4) is 0 Å². The SMILES string of the molecule is O=C([C@@H](Sc1nnc(NCc2ccccc2)s1)c1ccccc1)N1CCOCC1. The number of rotatable bonds is 7. The third-order valence-electron chi connectivity index (χ3n) is 4.56. The van der Waals surface area contributed by atoms with Crippen LogP contribution in [0, 0.1) is 0 Å². The first-order valence-electron chi connectivity index (χ1n) is 9.49. The molecule has 29 heavy (non-hydrogen) atoms. The van der Waals surface area contributed by atoms with E-state index < -0.39 is 0 Å². The summed E-state index contributed by atoms with van der Waals surface area (Å²) in [5, 5.41) is 12.3. The van der Waals surface area contributed by atoms with Crippen molar-refractivity contribution in [3.63, 3.8) is 0 Å². The summed E-state index contributed by atoms with van der Waals surface area (Å²) < 4.78 is 6.17. The molecule has 6 nitrogen and oxygen atoms in total. The van der Waals surface area contributed by atoms with Gasteiger partial charge in [-0.15, -0.1) is 10.2 Å². The number of benzene rings is 2. The van der Waals surface area contributed by atoms with Gasteiger partial charge in [0.05, 0.1) is 13.2 Å². The molecule has 1 fully saturated rings. The Bertz CT molecular complexity index is 915. The summed E-state index contributed by atoms with van der Waals surface area (Å²) in [6, 6.07) is 20.0. The zero-order valence-corrected chi connectivity index (χ0v) is 17.5. The highest BCUT2D eigenvalue weighted by atomic mass is 32.2. The molecule has 150 valence electrons. The number of anilines is 1. The molecule has 1 N–H and O–H groups in total. The first-order chi connectivity index (χ1) is 14.3. The molecule has 2 heterocycles. The lowest BCUT2D eigenvalue weighted by molar-refractivity contribution is -0.134. The molecule has 0 aliphatic carbocycles. The number of hydrogen-bond acceptors (Lipinski definition) is 7. The molecule has 2 aromatic carbocycles. The maximum absolute atomic E-state index is 13.2. The van der Waals surface area contributed by atoms with Gasteiger partial charge in [0, 0.05) is 19.6 Å². The van der Waals surface area contributed by atoms with E-state index in [9.17, 15) is 4.79 Å². The fourth-order valence-electron chi connectivity index (χ4n) is 3.04. The smallest absolute Gasteiger partial charge is 0.240 e.